The van der Waals surface area contributed by atoms with Crippen LogP contribution in [0.2, 0.25) is 0 Å². The molecule has 7 nitrogen and oxygen atoms in total. The fourth-order valence-corrected chi connectivity index (χ4v) is 2.87. The van der Waals surface area contributed by atoms with E-state index in [1.807, 2.05) is 37.3 Å². The molecular weight excluding hydrogens is 366 g/mol. The summed E-state index contributed by atoms with van der Waals surface area (Å²) in [6.45, 7) is 2.98. The molecule has 0 bridgehead atoms. The third-order valence-electron chi connectivity index (χ3n) is 3.88. The van der Waals surface area contributed by atoms with Crippen LogP contribution in [0.4, 0.5) is 0 Å². The van der Waals surface area contributed by atoms with Gasteiger partial charge in [0.05, 0.1) is 13.0 Å². The average Bonchev–Trinajstić information content (AvgIpc) is 2.67. The zero-order valence-electron chi connectivity index (χ0n) is 15.1. The fraction of sp³-hybridized carbons (Fsp3) is 0.368. The minimum absolute atomic E-state index is 0.112. The van der Waals surface area contributed by atoms with Crippen molar-refractivity contribution in [2.75, 3.05) is 19.7 Å². The molecule has 1 aliphatic heterocycles. The van der Waals surface area contributed by atoms with Crippen LogP contribution in [0, 0.1) is 0 Å². The number of ether oxygens (including phenoxy) is 1. The molecule has 1 saturated heterocycles. The number of carbonyl (C=O) groups excluding carboxylic acids is 3. The molecule has 1 fully saturated rings. The maximum atomic E-state index is 12.2. The smallest absolute Gasteiger partial charge is 0.308 e. The molecule has 1 unspecified atom stereocenters. The Morgan fingerprint density at radius 2 is 2.11 bits per heavy atom. The van der Waals surface area contributed by atoms with E-state index in [9.17, 15) is 14.4 Å². The van der Waals surface area contributed by atoms with Crippen molar-refractivity contribution >= 4 is 41.2 Å². The maximum Gasteiger partial charge on any atom is 0.308 e. The molecule has 2 N–H and O–H groups in total. The van der Waals surface area contributed by atoms with Gasteiger partial charge in [-0.05, 0) is 30.3 Å². The summed E-state index contributed by atoms with van der Waals surface area (Å²) >= 11 is 5.28. The first-order valence-corrected chi connectivity index (χ1v) is 9.20. The highest BCUT2D eigenvalue weighted by molar-refractivity contribution is 7.80. The third kappa shape index (κ3) is 6.49. The Bertz CT molecular complexity index is 721. The number of piperazine rings is 1. The van der Waals surface area contributed by atoms with Gasteiger partial charge in [0, 0.05) is 19.2 Å². The predicted molar refractivity (Wildman–Crippen MR) is 106 cm³/mol. The van der Waals surface area contributed by atoms with Crippen molar-refractivity contribution in [3.63, 3.8) is 0 Å². The van der Waals surface area contributed by atoms with Gasteiger partial charge >= 0.3 is 5.97 Å². The minimum Gasteiger partial charge on any atom is -0.466 e. The summed E-state index contributed by atoms with van der Waals surface area (Å²) in [6, 6.07) is 8.57. The Morgan fingerprint density at radius 1 is 1.37 bits per heavy atom. The van der Waals surface area contributed by atoms with Gasteiger partial charge in [0.1, 0.15) is 6.04 Å². The molecular formula is C19H23N3O4S. The number of amides is 2. The van der Waals surface area contributed by atoms with Crippen molar-refractivity contribution in [2.45, 2.75) is 25.8 Å². The summed E-state index contributed by atoms with van der Waals surface area (Å²) in [7, 11) is 0. The number of benzene rings is 1. The van der Waals surface area contributed by atoms with E-state index in [0.29, 0.717) is 26.1 Å². The van der Waals surface area contributed by atoms with Gasteiger partial charge in [-0.25, -0.2) is 0 Å². The molecule has 1 heterocycles. The second-order valence-corrected chi connectivity index (χ2v) is 6.35. The molecule has 8 heteroatoms. The molecule has 2 rings (SSSR count). The van der Waals surface area contributed by atoms with Crippen LogP contribution in [-0.4, -0.2) is 53.5 Å². The first kappa shape index (κ1) is 20.6. The van der Waals surface area contributed by atoms with E-state index in [-0.39, 0.29) is 17.4 Å². The van der Waals surface area contributed by atoms with Crippen molar-refractivity contribution in [3.8, 4) is 0 Å². The zero-order valence-corrected chi connectivity index (χ0v) is 16.0. The Kier molecular flexibility index (Phi) is 7.94. The largest absolute Gasteiger partial charge is 0.466 e. The van der Waals surface area contributed by atoms with Crippen molar-refractivity contribution in [1.29, 1.82) is 0 Å². The van der Waals surface area contributed by atoms with Gasteiger partial charge in [-0.1, -0.05) is 37.3 Å². The normalized spacial score (nSPS) is 16.7. The van der Waals surface area contributed by atoms with E-state index in [1.54, 1.807) is 11.0 Å². The molecule has 0 saturated carbocycles. The quantitative estimate of drug-likeness (QED) is 0.433. The lowest BCUT2D eigenvalue weighted by Gasteiger charge is -2.36. The van der Waals surface area contributed by atoms with Crippen molar-refractivity contribution in [1.82, 2.24) is 15.5 Å². The number of nitrogens with zero attached hydrogens (tertiary/aromatic N) is 1. The minimum atomic E-state index is -0.797. The predicted octanol–water partition coefficient (Wildman–Crippen LogP) is 1.24. The number of thiocarbonyl (C=S) groups is 1. The molecule has 1 aliphatic rings. The molecule has 144 valence electrons. The lowest BCUT2D eigenvalue weighted by molar-refractivity contribution is -0.147. The molecule has 0 aromatic heterocycles. The van der Waals surface area contributed by atoms with E-state index >= 15 is 0 Å². The van der Waals surface area contributed by atoms with Crippen LogP contribution >= 0.6 is 12.2 Å². The Hall–Kier alpha value is -2.74. The number of esters is 1. The summed E-state index contributed by atoms with van der Waals surface area (Å²) < 4.78 is 5.05. The monoisotopic (exact) mass is 389 g/mol. The third-order valence-corrected chi connectivity index (χ3v) is 4.21. The number of nitrogens with one attached hydrogen (secondary N) is 2. The van der Waals surface area contributed by atoms with Crippen molar-refractivity contribution in [3.05, 3.63) is 42.0 Å². The molecule has 2 amide bonds. The van der Waals surface area contributed by atoms with Gasteiger partial charge in [-0.15, -0.1) is 0 Å². The molecule has 1 aromatic rings. The van der Waals surface area contributed by atoms with Crippen molar-refractivity contribution < 1.29 is 19.1 Å². The number of carbonyl (C=O) groups is 3. The van der Waals surface area contributed by atoms with E-state index in [1.165, 1.54) is 6.08 Å². The first-order chi connectivity index (χ1) is 13.0. The molecule has 1 atom stereocenters. The zero-order chi connectivity index (χ0) is 19.6. The average molecular weight is 389 g/mol. The van der Waals surface area contributed by atoms with Crippen LogP contribution in [0.3, 0.4) is 0 Å². The van der Waals surface area contributed by atoms with Gasteiger partial charge < -0.3 is 15.0 Å². The second-order valence-electron chi connectivity index (χ2n) is 5.96. The van der Waals surface area contributed by atoms with Crippen LogP contribution in [0.5, 0.6) is 0 Å². The Labute approximate surface area is 163 Å². The van der Waals surface area contributed by atoms with Crippen LogP contribution in [0.1, 0.15) is 25.3 Å². The van der Waals surface area contributed by atoms with Crippen molar-refractivity contribution in [2.24, 2.45) is 0 Å². The van der Waals surface area contributed by atoms with E-state index in [2.05, 4.69) is 10.6 Å². The SMILES string of the molecule is CCCOC(=O)CC1C(=O)NCCN1C(=S)NC(=O)C=Cc1ccccc1. The maximum absolute atomic E-state index is 12.2. The standard InChI is InChI=1S/C19H23N3O4S/c1-2-12-26-17(24)13-15-18(25)20-10-11-22(15)19(27)21-16(23)9-8-14-6-4-3-5-7-14/h3-9,15H,2,10-13H2,1H3,(H,20,25)(H,21,23,27). The Balaban J connectivity index is 1.96. The lowest BCUT2D eigenvalue weighted by Crippen LogP contribution is -2.60. The molecule has 27 heavy (non-hydrogen) atoms. The highest BCUT2D eigenvalue weighted by Gasteiger charge is 2.34. The second kappa shape index (κ2) is 10.4. The summed E-state index contributed by atoms with van der Waals surface area (Å²) in [5.74, 6) is -1.18. The molecule has 0 radical (unpaired) electrons. The number of hydrogen-bond acceptors (Lipinski definition) is 5. The molecule has 0 spiro atoms. The highest BCUT2D eigenvalue weighted by Crippen LogP contribution is 2.11. The molecule has 0 aliphatic carbocycles. The van der Waals surface area contributed by atoms with Crippen LogP contribution in [0.25, 0.3) is 6.08 Å². The van der Waals surface area contributed by atoms with E-state index in [4.69, 9.17) is 17.0 Å². The fourth-order valence-electron chi connectivity index (χ4n) is 2.55. The van der Waals surface area contributed by atoms with Gasteiger partial charge in [0.25, 0.3) is 0 Å². The summed E-state index contributed by atoms with van der Waals surface area (Å²) in [5, 5.41) is 5.40. The van der Waals surface area contributed by atoms with Crippen LogP contribution in [-0.2, 0) is 19.1 Å². The summed E-state index contributed by atoms with van der Waals surface area (Å²) in [5.41, 5.74) is 0.882. The van der Waals surface area contributed by atoms with Gasteiger partial charge in [0.15, 0.2) is 5.11 Å². The first-order valence-electron chi connectivity index (χ1n) is 8.79. The Morgan fingerprint density at radius 3 is 2.81 bits per heavy atom. The van der Waals surface area contributed by atoms with E-state index in [0.717, 1.165) is 5.56 Å². The topological polar surface area (TPSA) is 87.7 Å². The van der Waals surface area contributed by atoms with Gasteiger partial charge in [-0.2, -0.15) is 0 Å². The lowest BCUT2D eigenvalue weighted by atomic mass is 10.1. The van der Waals surface area contributed by atoms with Crippen LogP contribution in [0.15, 0.2) is 36.4 Å². The molecule has 1 aromatic carbocycles. The van der Waals surface area contributed by atoms with Crippen LogP contribution < -0.4 is 10.6 Å². The van der Waals surface area contributed by atoms with Gasteiger partial charge in [0.2, 0.25) is 11.8 Å². The van der Waals surface area contributed by atoms with E-state index < -0.39 is 17.9 Å². The summed E-state index contributed by atoms with van der Waals surface area (Å²) in [4.78, 5) is 37.7. The van der Waals surface area contributed by atoms with Gasteiger partial charge in [-0.3, -0.25) is 19.7 Å². The highest BCUT2D eigenvalue weighted by atomic mass is 32.1. The summed E-state index contributed by atoms with van der Waals surface area (Å²) in [6.07, 6.45) is 3.62. The number of rotatable bonds is 6. The number of hydrogen-bond donors (Lipinski definition) is 2.